The van der Waals surface area contributed by atoms with Crippen molar-refractivity contribution in [2.24, 2.45) is 9.98 Å². The Hall–Kier alpha value is -7.20. The average Bonchev–Trinajstić information content (AvgIpc) is 3.28. The van der Waals surface area contributed by atoms with Gasteiger partial charge in [0.2, 0.25) is 0 Å². The molecule has 0 aromatic heterocycles. The standard InChI is InChI=1S/C54H36N2O2.Zn/c57-51-29-23-41-31-39(35-11-3-1-4-12-35)19-25-43(41)47(51)33-55-49-27-21-37-15-7-9-17-45(37)53(49)54-46-18-10-8-16-38(46)22-28-50(54)56-34-48-44-26-20-40(36-13-5-2-6-14-36)32-42(44)24-30-52(48)58;/h1-34,57-58H;. The van der Waals surface area contributed by atoms with Gasteiger partial charge in [-0.3, -0.25) is 9.98 Å². The zero-order valence-electron chi connectivity index (χ0n) is 32.1. The van der Waals surface area contributed by atoms with Crippen LogP contribution in [0.15, 0.2) is 204 Å². The zero-order valence-corrected chi connectivity index (χ0v) is 35.1. The third kappa shape index (κ3) is 7.07. The van der Waals surface area contributed by atoms with Crippen molar-refractivity contribution >= 4 is 66.9 Å². The molecule has 0 spiro atoms. The molecule has 0 amide bonds. The van der Waals surface area contributed by atoms with E-state index in [0.717, 1.165) is 87.8 Å². The molecule has 10 aromatic rings. The van der Waals surface area contributed by atoms with Crippen LogP contribution in [0.1, 0.15) is 11.1 Å². The molecule has 0 bridgehead atoms. The fourth-order valence-corrected chi connectivity index (χ4v) is 8.11. The van der Waals surface area contributed by atoms with Crippen molar-refractivity contribution in [1.82, 2.24) is 0 Å². The van der Waals surface area contributed by atoms with Gasteiger partial charge in [0.1, 0.15) is 11.5 Å². The molecular weight excluding hydrogens is 774 g/mol. The van der Waals surface area contributed by atoms with Crippen molar-refractivity contribution in [3.05, 3.63) is 205 Å². The van der Waals surface area contributed by atoms with Crippen molar-refractivity contribution < 1.29 is 29.7 Å². The molecule has 276 valence electrons. The van der Waals surface area contributed by atoms with Crippen molar-refractivity contribution in [1.29, 1.82) is 0 Å². The van der Waals surface area contributed by atoms with E-state index in [-0.39, 0.29) is 31.0 Å². The number of fused-ring (bicyclic) bond motifs is 4. The summed E-state index contributed by atoms with van der Waals surface area (Å²) in [4.78, 5) is 10.3. The molecule has 0 aliphatic heterocycles. The van der Waals surface area contributed by atoms with Crippen LogP contribution in [0.4, 0.5) is 11.4 Å². The monoisotopic (exact) mass is 808 g/mol. The number of phenolic OH excluding ortho intramolecular Hbond substituents is 2. The Morgan fingerprint density at radius 2 is 0.712 bits per heavy atom. The molecule has 0 aliphatic rings. The van der Waals surface area contributed by atoms with E-state index in [1.54, 1.807) is 24.6 Å². The quantitative estimate of drug-likeness (QED) is 0.124. The molecule has 0 aliphatic carbocycles. The third-order valence-electron chi connectivity index (χ3n) is 11.0. The molecule has 0 heterocycles. The van der Waals surface area contributed by atoms with Gasteiger partial charge in [-0.05, 0) is 102 Å². The molecule has 0 saturated carbocycles. The second-order valence-electron chi connectivity index (χ2n) is 14.5. The molecular formula is C54H36N2O2Zn. The van der Waals surface area contributed by atoms with Gasteiger partial charge in [0.05, 0.1) is 11.4 Å². The number of aromatic hydroxyl groups is 2. The number of nitrogens with zero attached hydrogens (tertiary/aromatic N) is 2. The van der Waals surface area contributed by atoms with Gasteiger partial charge in [0.25, 0.3) is 0 Å². The van der Waals surface area contributed by atoms with Gasteiger partial charge in [-0.25, -0.2) is 0 Å². The fourth-order valence-electron chi connectivity index (χ4n) is 8.11. The van der Waals surface area contributed by atoms with Gasteiger partial charge in [-0.15, -0.1) is 0 Å². The first-order valence-corrected chi connectivity index (χ1v) is 19.3. The molecule has 0 fully saturated rings. The molecule has 0 saturated heterocycles. The Labute approximate surface area is 354 Å². The van der Waals surface area contributed by atoms with Crippen molar-refractivity contribution in [2.75, 3.05) is 0 Å². The molecule has 0 atom stereocenters. The summed E-state index contributed by atoms with van der Waals surface area (Å²) in [6.45, 7) is 0. The number of phenols is 2. The molecule has 0 unspecified atom stereocenters. The topological polar surface area (TPSA) is 65.2 Å². The first-order valence-electron chi connectivity index (χ1n) is 19.3. The van der Waals surface area contributed by atoms with Crippen LogP contribution in [0.5, 0.6) is 11.5 Å². The summed E-state index contributed by atoms with van der Waals surface area (Å²) in [7, 11) is 0. The Bertz CT molecular complexity index is 3030. The Morgan fingerprint density at radius 3 is 1.15 bits per heavy atom. The second kappa shape index (κ2) is 16.0. The Morgan fingerprint density at radius 1 is 0.322 bits per heavy atom. The van der Waals surface area contributed by atoms with Crippen LogP contribution in [0.2, 0.25) is 0 Å². The predicted octanol–water partition coefficient (Wildman–Crippen LogP) is 14.2. The van der Waals surface area contributed by atoms with Gasteiger partial charge in [-0.1, -0.05) is 158 Å². The van der Waals surface area contributed by atoms with Crippen molar-refractivity contribution in [3.63, 3.8) is 0 Å². The van der Waals surface area contributed by atoms with E-state index in [1.807, 2.05) is 84.9 Å². The van der Waals surface area contributed by atoms with Crippen LogP contribution < -0.4 is 0 Å². The van der Waals surface area contributed by atoms with Crippen LogP contribution in [0, 0.1) is 0 Å². The molecule has 5 heteroatoms. The number of hydrogen-bond acceptors (Lipinski definition) is 4. The Balaban J connectivity index is 0.00000449. The van der Waals surface area contributed by atoms with Gasteiger partial charge >= 0.3 is 0 Å². The summed E-state index contributed by atoms with van der Waals surface area (Å²) < 4.78 is 0. The minimum Gasteiger partial charge on any atom is -0.507 e. The van der Waals surface area contributed by atoms with E-state index in [9.17, 15) is 10.2 Å². The molecule has 10 aromatic carbocycles. The van der Waals surface area contributed by atoms with E-state index in [1.165, 1.54) is 0 Å². The number of rotatable bonds is 7. The van der Waals surface area contributed by atoms with E-state index < -0.39 is 0 Å². The molecule has 59 heavy (non-hydrogen) atoms. The number of hydrogen-bond donors (Lipinski definition) is 2. The van der Waals surface area contributed by atoms with Crippen LogP contribution in [-0.2, 0) is 19.5 Å². The van der Waals surface area contributed by atoms with E-state index in [2.05, 4.69) is 97.1 Å². The average molecular weight is 810 g/mol. The van der Waals surface area contributed by atoms with Crippen LogP contribution >= 0.6 is 0 Å². The summed E-state index contributed by atoms with van der Waals surface area (Å²) in [6.07, 6.45) is 3.55. The summed E-state index contributed by atoms with van der Waals surface area (Å²) in [6, 6.07) is 65.5. The van der Waals surface area contributed by atoms with Gasteiger partial charge in [0.15, 0.2) is 0 Å². The maximum absolute atomic E-state index is 11.2. The van der Waals surface area contributed by atoms with Gasteiger partial charge in [-0.2, -0.15) is 0 Å². The first-order chi connectivity index (χ1) is 28.6. The van der Waals surface area contributed by atoms with Gasteiger partial charge < -0.3 is 10.2 Å². The normalized spacial score (nSPS) is 11.6. The minimum absolute atomic E-state index is 0. The van der Waals surface area contributed by atoms with Crippen LogP contribution in [0.25, 0.3) is 76.5 Å². The maximum Gasteiger partial charge on any atom is 0.124 e. The molecule has 0 radical (unpaired) electrons. The zero-order chi connectivity index (χ0) is 39.0. The van der Waals surface area contributed by atoms with E-state index in [4.69, 9.17) is 9.98 Å². The summed E-state index contributed by atoms with van der Waals surface area (Å²) in [5, 5.41) is 30.5. The molecule has 4 nitrogen and oxygen atoms in total. The first kappa shape index (κ1) is 37.4. The molecule has 10 rings (SSSR count). The van der Waals surface area contributed by atoms with Gasteiger partial charge in [0, 0.05) is 54.2 Å². The fraction of sp³-hybridized carbons (Fsp3) is 0. The number of aliphatic imine (C=N–C) groups is 2. The minimum atomic E-state index is 0. The predicted molar refractivity (Wildman–Crippen MR) is 243 cm³/mol. The summed E-state index contributed by atoms with van der Waals surface area (Å²) in [5.41, 5.74) is 9.12. The van der Waals surface area contributed by atoms with Crippen LogP contribution in [0.3, 0.4) is 0 Å². The van der Waals surface area contributed by atoms with E-state index >= 15 is 0 Å². The summed E-state index contributed by atoms with van der Waals surface area (Å²) in [5.74, 6) is 0.319. The van der Waals surface area contributed by atoms with Crippen molar-refractivity contribution in [2.45, 2.75) is 0 Å². The number of benzene rings is 10. The Kier molecular flexibility index (Phi) is 10.1. The van der Waals surface area contributed by atoms with Crippen LogP contribution in [-0.4, -0.2) is 22.6 Å². The van der Waals surface area contributed by atoms with Crippen molar-refractivity contribution in [3.8, 4) is 44.9 Å². The summed E-state index contributed by atoms with van der Waals surface area (Å²) >= 11 is 0. The maximum atomic E-state index is 11.2. The van der Waals surface area contributed by atoms with E-state index in [0.29, 0.717) is 11.1 Å². The smallest absolute Gasteiger partial charge is 0.124 e. The second-order valence-corrected chi connectivity index (χ2v) is 14.5. The molecule has 2 N–H and O–H groups in total. The third-order valence-corrected chi connectivity index (χ3v) is 11.0. The largest absolute Gasteiger partial charge is 0.507 e. The SMILES string of the molecule is Oc1ccc2cc(-c3ccccc3)ccc2c1C=Nc1ccc2ccccc2c1-c1c(N=Cc2c(O)ccc3cc(-c4ccccc4)ccc23)ccc2ccccc12.[Zn].